The standard InChI is InChI=1S/C19H21ClN2O3/c1-2-18(17(24)25)14-8-12(7-11-3-5-13(20)6-4-11)19(10-22,16(14)18)15(23)9-21/h3-6,12,14,16H,2,7-9,21H2,1H3,(H,24,25). The molecule has 3 N–H and O–H groups in total. The highest BCUT2D eigenvalue weighted by Crippen LogP contribution is 2.77. The Bertz CT molecular complexity index is 757. The molecule has 1 aromatic carbocycles. The molecule has 0 bridgehead atoms. The molecule has 5 unspecified atom stereocenters. The van der Waals surface area contributed by atoms with Crippen molar-refractivity contribution in [3.8, 4) is 6.07 Å². The van der Waals surface area contributed by atoms with Crippen LogP contribution in [0.15, 0.2) is 24.3 Å². The normalized spacial score (nSPS) is 35.7. The van der Waals surface area contributed by atoms with Gasteiger partial charge in [0.15, 0.2) is 5.78 Å². The number of carbonyl (C=O) groups is 2. The van der Waals surface area contributed by atoms with Crippen molar-refractivity contribution in [2.45, 2.75) is 26.2 Å². The lowest BCUT2D eigenvalue weighted by Gasteiger charge is -2.33. The van der Waals surface area contributed by atoms with Crippen LogP contribution in [-0.4, -0.2) is 23.4 Å². The molecular weight excluding hydrogens is 340 g/mol. The molecule has 0 aromatic heterocycles. The number of halogens is 1. The molecule has 5 atom stereocenters. The van der Waals surface area contributed by atoms with E-state index in [9.17, 15) is 20.0 Å². The number of benzene rings is 1. The van der Waals surface area contributed by atoms with Gasteiger partial charge in [-0.3, -0.25) is 9.59 Å². The van der Waals surface area contributed by atoms with E-state index in [0.717, 1.165) is 5.56 Å². The Hall–Kier alpha value is -1.90. The van der Waals surface area contributed by atoms with Gasteiger partial charge in [0.2, 0.25) is 0 Å². The molecule has 2 aliphatic rings. The molecule has 0 spiro atoms. The number of hydrogen-bond acceptors (Lipinski definition) is 4. The van der Waals surface area contributed by atoms with Gasteiger partial charge < -0.3 is 10.8 Å². The predicted molar refractivity (Wildman–Crippen MR) is 92.7 cm³/mol. The number of hydrogen-bond donors (Lipinski definition) is 2. The number of ketones is 1. The van der Waals surface area contributed by atoms with Crippen LogP contribution in [0, 0.1) is 39.9 Å². The minimum absolute atomic E-state index is 0.137. The Morgan fingerprint density at radius 3 is 2.52 bits per heavy atom. The molecule has 0 radical (unpaired) electrons. The van der Waals surface area contributed by atoms with Crippen molar-refractivity contribution in [2.24, 2.45) is 34.3 Å². The number of carboxylic acid groups (broad SMARTS) is 1. The molecule has 0 heterocycles. The van der Waals surface area contributed by atoms with Crippen LogP contribution in [0.3, 0.4) is 0 Å². The fraction of sp³-hybridized carbons (Fsp3) is 0.526. The lowest BCUT2D eigenvalue weighted by Crippen LogP contribution is -2.45. The van der Waals surface area contributed by atoms with Crippen molar-refractivity contribution < 1.29 is 14.7 Å². The number of aliphatic carboxylic acids is 1. The lowest BCUT2D eigenvalue weighted by atomic mass is 9.65. The van der Waals surface area contributed by atoms with Crippen LogP contribution in [0.5, 0.6) is 0 Å². The Morgan fingerprint density at radius 2 is 2.04 bits per heavy atom. The Balaban J connectivity index is 1.98. The zero-order chi connectivity index (χ0) is 18.4. The zero-order valence-electron chi connectivity index (χ0n) is 14.0. The maximum atomic E-state index is 12.7. The highest BCUT2D eigenvalue weighted by Gasteiger charge is 2.82. The molecule has 2 fully saturated rings. The van der Waals surface area contributed by atoms with E-state index in [1.807, 2.05) is 19.1 Å². The summed E-state index contributed by atoms with van der Waals surface area (Å²) in [5.74, 6) is -2.04. The number of carboxylic acids is 1. The van der Waals surface area contributed by atoms with Crippen molar-refractivity contribution in [2.75, 3.05) is 6.54 Å². The fourth-order valence-electron chi connectivity index (χ4n) is 5.20. The summed E-state index contributed by atoms with van der Waals surface area (Å²) < 4.78 is 0. The smallest absolute Gasteiger partial charge is 0.310 e. The molecule has 6 heteroatoms. The van der Waals surface area contributed by atoms with E-state index in [2.05, 4.69) is 6.07 Å². The van der Waals surface area contributed by atoms with Crippen molar-refractivity contribution in [3.63, 3.8) is 0 Å². The van der Waals surface area contributed by atoms with Crippen LogP contribution >= 0.6 is 11.6 Å². The van der Waals surface area contributed by atoms with E-state index in [1.54, 1.807) is 12.1 Å². The molecule has 0 amide bonds. The van der Waals surface area contributed by atoms with Gasteiger partial charge >= 0.3 is 5.97 Å². The monoisotopic (exact) mass is 360 g/mol. The van der Waals surface area contributed by atoms with E-state index < -0.39 is 22.7 Å². The fourth-order valence-corrected chi connectivity index (χ4v) is 5.33. The number of nitrogens with zero attached hydrogens (tertiary/aromatic N) is 1. The van der Waals surface area contributed by atoms with E-state index in [-0.39, 0.29) is 24.2 Å². The van der Waals surface area contributed by atoms with Crippen LogP contribution < -0.4 is 5.73 Å². The highest BCUT2D eigenvalue weighted by molar-refractivity contribution is 6.30. The molecule has 0 aliphatic heterocycles. The molecule has 2 aliphatic carbocycles. The third-order valence-corrected chi connectivity index (χ3v) is 6.65. The van der Waals surface area contributed by atoms with Crippen LogP contribution in [-0.2, 0) is 16.0 Å². The summed E-state index contributed by atoms with van der Waals surface area (Å²) in [4.78, 5) is 24.6. The van der Waals surface area contributed by atoms with Gasteiger partial charge in [-0.05, 0) is 48.8 Å². The molecule has 2 saturated carbocycles. The second-order valence-electron chi connectivity index (χ2n) is 7.15. The largest absolute Gasteiger partial charge is 0.481 e. The minimum Gasteiger partial charge on any atom is -0.481 e. The number of nitriles is 1. The molecule has 5 nitrogen and oxygen atoms in total. The van der Waals surface area contributed by atoms with Gasteiger partial charge in [-0.2, -0.15) is 5.26 Å². The Labute approximate surface area is 151 Å². The van der Waals surface area contributed by atoms with Crippen LogP contribution in [0.25, 0.3) is 0 Å². The van der Waals surface area contributed by atoms with Crippen molar-refractivity contribution in [1.29, 1.82) is 5.26 Å². The summed E-state index contributed by atoms with van der Waals surface area (Å²) >= 11 is 5.92. The number of rotatable bonds is 6. The molecule has 1 aromatic rings. The third-order valence-electron chi connectivity index (χ3n) is 6.39. The summed E-state index contributed by atoms with van der Waals surface area (Å²) in [6, 6.07) is 9.54. The van der Waals surface area contributed by atoms with Gasteiger partial charge in [0.05, 0.1) is 18.0 Å². The molecule has 0 saturated heterocycles. The number of nitrogens with two attached hydrogens (primary N) is 1. The highest BCUT2D eigenvalue weighted by atomic mass is 35.5. The number of fused-ring (bicyclic) bond motifs is 1. The van der Waals surface area contributed by atoms with E-state index in [1.165, 1.54) is 0 Å². The summed E-state index contributed by atoms with van der Waals surface area (Å²) in [7, 11) is 0. The average molecular weight is 361 g/mol. The topological polar surface area (TPSA) is 104 Å². The summed E-state index contributed by atoms with van der Waals surface area (Å²) in [5, 5.41) is 20.3. The summed E-state index contributed by atoms with van der Waals surface area (Å²) in [6.45, 7) is 1.57. The van der Waals surface area contributed by atoms with Gasteiger partial charge in [0.1, 0.15) is 5.41 Å². The zero-order valence-corrected chi connectivity index (χ0v) is 14.8. The molecular formula is C19H21ClN2O3. The van der Waals surface area contributed by atoms with Crippen LogP contribution in [0.2, 0.25) is 5.02 Å². The first-order valence-corrected chi connectivity index (χ1v) is 8.88. The quantitative estimate of drug-likeness (QED) is 0.811. The van der Waals surface area contributed by atoms with Gasteiger partial charge in [-0.25, -0.2) is 0 Å². The Morgan fingerprint density at radius 1 is 1.40 bits per heavy atom. The maximum Gasteiger partial charge on any atom is 0.310 e. The van der Waals surface area contributed by atoms with E-state index >= 15 is 0 Å². The van der Waals surface area contributed by atoms with Crippen molar-refractivity contribution in [1.82, 2.24) is 0 Å². The summed E-state index contributed by atoms with van der Waals surface area (Å²) in [5.41, 5.74) is 4.32. The molecule has 132 valence electrons. The number of carbonyl (C=O) groups excluding carboxylic acids is 1. The Kier molecular flexibility index (Phi) is 4.38. The molecule has 3 rings (SSSR count). The second-order valence-corrected chi connectivity index (χ2v) is 7.59. The van der Waals surface area contributed by atoms with E-state index in [4.69, 9.17) is 17.3 Å². The first kappa shape index (κ1) is 17.9. The maximum absolute atomic E-state index is 12.7. The van der Waals surface area contributed by atoms with Crippen molar-refractivity contribution in [3.05, 3.63) is 34.9 Å². The van der Waals surface area contributed by atoms with Gasteiger partial charge in [-0.1, -0.05) is 30.7 Å². The predicted octanol–water partition coefficient (Wildman–Crippen LogP) is 2.67. The first-order chi connectivity index (χ1) is 11.9. The summed E-state index contributed by atoms with van der Waals surface area (Å²) in [6.07, 6.45) is 1.53. The van der Waals surface area contributed by atoms with Gasteiger partial charge in [-0.15, -0.1) is 0 Å². The lowest BCUT2D eigenvalue weighted by molar-refractivity contribution is -0.146. The molecule has 25 heavy (non-hydrogen) atoms. The van der Waals surface area contributed by atoms with Gasteiger partial charge in [0.25, 0.3) is 0 Å². The van der Waals surface area contributed by atoms with Crippen LogP contribution in [0.4, 0.5) is 0 Å². The number of Topliss-reactive ketones (excluding diaryl/α,β-unsaturated/α-hetero) is 1. The van der Waals surface area contributed by atoms with Crippen LogP contribution in [0.1, 0.15) is 25.3 Å². The minimum atomic E-state index is -1.31. The third kappa shape index (κ3) is 2.32. The van der Waals surface area contributed by atoms with Crippen molar-refractivity contribution >= 4 is 23.4 Å². The van der Waals surface area contributed by atoms with Gasteiger partial charge in [0, 0.05) is 10.9 Å². The van der Waals surface area contributed by atoms with E-state index in [0.29, 0.717) is 24.3 Å². The average Bonchev–Trinajstić information content (AvgIpc) is 3.14. The SMILES string of the molecule is CCC1(C(=O)O)C2CC(Cc3ccc(Cl)cc3)C(C#N)(C(=O)CN)C21. The first-order valence-electron chi connectivity index (χ1n) is 8.50. The second kappa shape index (κ2) is 6.12.